The lowest BCUT2D eigenvalue weighted by Crippen LogP contribution is -2.03. The molecular formula is C19H16O3. The van der Waals surface area contributed by atoms with Crippen LogP contribution in [0.5, 0.6) is 0 Å². The van der Waals surface area contributed by atoms with Crippen LogP contribution in [0.2, 0.25) is 0 Å². The van der Waals surface area contributed by atoms with Gasteiger partial charge in [-0.15, -0.1) is 0 Å². The van der Waals surface area contributed by atoms with Gasteiger partial charge in [0.25, 0.3) is 0 Å². The van der Waals surface area contributed by atoms with Crippen molar-refractivity contribution in [2.45, 2.75) is 6.92 Å². The monoisotopic (exact) mass is 292 g/mol. The van der Waals surface area contributed by atoms with E-state index in [9.17, 15) is 4.79 Å². The molecule has 0 N–H and O–H groups in total. The van der Waals surface area contributed by atoms with Gasteiger partial charge in [0.05, 0.1) is 7.11 Å². The number of ether oxygens (including phenoxy) is 1. The van der Waals surface area contributed by atoms with E-state index in [1.165, 1.54) is 7.11 Å². The summed E-state index contributed by atoms with van der Waals surface area (Å²) in [5.41, 5.74) is 3.04. The highest BCUT2D eigenvalue weighted by Crippen LogP contribution is 2.38. The summed E-state index contributed by atoms with van der Waals surface area (Å²) in [6.45, 7) is 1.86. The van der Waals surface area contributed by atoms with Crippen LogP contribution in [0.3, 0.4) is 0 Å². The van der Waals surface area contributed by atoms with E-state index in [1.54, 1.807) is 0 Å². The molecule has 0 bridgehead atoms. The minimum Gasteiger partial charge on any atom is -0.465 e. The van der Waals surface area contributed by atoms with E-state index < -0.39 is 5.97 Å². The number of carbonyl (C=O) groups excluding carboxylic acids is 1. The third-order valence-electron chi connectivity index (χ3n) is 3.57. The van der Waals surface area contributed by atoms with Gasteiger partial charge in [0.1, 0.15) is 17.1 Å². The van der Waals surface area contributed by atoms with E-state index in [0.29, 0.717) is 17.1 Å². The number of aryl methyl sites for hydroxylation is 1. The SMILES string of the molecule is COC(=O)c1c(-c2ccccc2)oc(C)c1-c1ccccc1. The van der Waals surface area contributed by atoms with Crippen LogP contribution in [0.1, 0.15) is 16.1 Å². The largest absolute Gasteiger partial charge is 0.465 e. The van der Waals surface area contributed by atoms with Gasteiger partial charge in [-0.1, -0.05) is 60.7 Å². The Morgan fingerprint density at radius 2 is 1.45 bits per heavy atom. The van der Waals surface area contributed by atoms with Crippen LogP contribution in [0.15, 0.2) is 65.1 Å². The number of methoxy groups -OCH3 is 1. The van der Waals surface area contributed by atoms with E-state index in [1.807, 2.05) is 67.6 Å². The Bertz CT molecular complexity index is 786. The van der Waals surface area contributed by atoms with Crippen molar-refractivity contribution in [1.29, 1.82) is 0 Å². The third kappa shape index (κ3) is 2.42. The molecule has 0 aliphatic heterocycles. The number of esters is 1. The number of furan rings is 1. The summed E-state index contributed by atoms with van der Waals surface area (Å²) < 4.78 is 10.9. The first kappa shape index (κ1) is 14.1. The van der Waals surface area contributed by atoms with Gasteiger partial charge in [-0.3, -0.25) is 0 Å². The molecule has 0 fully saturated rings. The molecule has 3 heteroatoms. The Kier molecular flexibility index (Phi) is 3.79. The Hall–Kier alpha value is -2.81. The van der Waals surface area contributed by atoms with Gasteiger partial charge in [-0.25, -0.2) is 4.79 Å². The summed E-state index contributed by atoms with van der Waals surface area (Å²) in [4.78, 5) is 12.3. The number of hydrogen-bond acceptors (Lipinski definition) is 3. The van der Waals surface area contributed by atoms with Crippen LogP contribution in [0.25, 0.3) is 22.5 Å². The summed E-state index contributed by atoms with van der Waals surface area (Å²) in [5.74, 6) is 0.851. The molecular weight excluding hydrogens is 276 g/mol. The summed E-state index contributed by atoms with van der Waals surface area (Å²) >= 11 is 0. The van der Waals surface area contributed by atoms with E-state index in [4.69, 9.17) is 9.15 Å². The molecule has 3 aromatic rings. The predicted molar refractivity (Wildman–Crippen MR) is 85.7 cm³/mol. The second kappa shape index (κ2) is 5.90. The number of hydrogen-bond donors (Lipinski definition) is 0. The number of benzene rings is 2. The molecule has 0 aliphatic carbocycles. The fourth-order valence-corrected chi connectivity index (χ4v) is 2.59. The molecule has 0 amide bonds. The maximum Gasteiger partial charge on any atom is 0.342 e. The van der Waals surface area contributed by atoms with Crippen LogP contribution < -0.4 is 0 Å². The van der Waals surface area contributed by atoms with Crippen molar-refractivity contribution in [2.75, 3.05) is 7.11 Å². The quantitative estimate of drug-likeness (QED) is 0.656. The van der Waals surface area contributed by atoms with Gasteiger partial charge in [0.15, 0.2) is 0 Å². The van der Waals surface area contributed by atoms with Crippen LogP contribution >= 0.6 is 0 Å². The first-order valence-corrected chi connectivity index (χ1v) is 7.05. The zero-order valence-corrected chi connectivity index (χ0v) is 12.5. The normalized spacial score (nSPS) is 10.5. The fraction of sp³-hybridized carbons (Fsp3) is 0.105. The van der Waals surface area contributed by atoms with Crippen molar-refractivity contribution in [3.05, 3.63) is 72.0 Å². The molecule has 0 atom stereocenters. The molecule has 3 nitrogen and oxygen atoms in total. The molecule has 1 aromatic heterocycles. The fourth-order valence-electron chi connectivity index (χ4n) is 2.59. The van der Waals surface area contributed by atoms with Gasteiger partial charge >= 0.3 is 5.97 Å². The first-order chi connectivity index (χ1) is 10.7. The summed E-state index contributed by atoms with van der Waals surface area (Å²) in [5, 5.41) is 0. The molecule has 0 saturated heterocycles. The maximum absolute atomic E-state index is 12.3. The van der Waals surface area contributed by atoms with Crippen molar-refractivity contribution < 1.29 is 13.9 Å². The summed E-state index contributed by atoms with van der Waals surface area (Å²) in [6.07, 6.45) is 0. The Balaban J connectivity index is 2.27. The van der Waals surface area contributed by atoms with Crippen molar-refractivity contribution in [3.63, 3.8) is 0 Å². The van der Waals surface area contributed by atoms with E-state index in [2.05, 4.69) is 0 Å². The molecule has 0 radical (unpaired) electrons. The third-order valence-corrected chi connectivity index (χ3v) is 3.57. The zero-order valence-electron chi connectivity index (χ0n) is 12.5. The smallest absolute Gasteiger partial charge is 0.342 e. The Labute approximate surface area is 129 Å². The minimum atomic E-state index is -0.394. The van der Waals surface area contributed by atoms with E-state index in [-0.39, 0.29) is 0 Å². The predicted octanol–water partition coefficient (Wildman–Crippen LogP) is 4.71. The van der Waals surface area contributed by atoms with Crippen molar-refractivity contribution in [1.82, 2.24) is 0 Å². The lowest BCUT2D eigenvalue weighted by molar-refractivity contribution is 0.0602. The van der Waals surface area contributed by atoms with Crippen molar-refractivity contribution in [3.8, 4) is 22.5 Å². The van der Waals surface area contributed by atoms with Gasteiger partial charge < -0.3 is 9.15 Å². The van der Waals surface area contributed by atoms with Crippen LogP contribution in [0.4, 0.5) is 0 Å². The highest BCUT2D eigenvalue weighted by molar-refractivity contribution is 6.03. The average molecular weight is 292 g/mol. The summed E-state index contributed by atoms with van der Waals surface area (Å²) in [6, 6.07) is 19.3. The van der Waals surface area contributed by atoms with Gasteiger partial charge in [0, 0.05) is 11.1 Å². The molecule has 22 heavy (non-hydrogen) atoms. The molecule has 2 aromatic carbocycles. The Morgan fingerprint density at radius 1 is 0.909 bits per heavy atom. The van der Waals surface area contributed by atoms with Crippen LogP contribution in [-0.4, -0.2) is 13.1 Å². The number of carbonyl (C=O) groups is 1. The van der Waals surface area contributed by atoms with Gasteiger partial charge in [-0.05, 0) is 12.5 Å². The highest BCUT2D eigenvalue weighted by Gasteiger charge is 2.26. The number of rotatable bonds is 3. The molecule has 110 valence electrons. The van der Waals surface area contributed by atoms with Crippen molar-refractivity contribution in [2.24, 2.45) is 0 Å². The zero-order chi connectivity index (χ0) is 15.5. The molecule has 1 heterocycles. The lowest BCUT2D eigenvalue weighted by Gasteiger charge is -2.05. The maximum atomic E-state index is 12.3. The van der Waals surface area contributed by atoms with Gasteiger partial charge in [0.2, 0.25) is 0 Å². The molecule has 0 aliphatic rings. The molecule has 0 spiro atoms. The molecule has 0 saturated carbocycles. The summed E-state index contributed by atoms with van der Waals surface area (Å²) in [7, 11) is 1.38. The minimum absolute atomic E-state index is 0.394. The topological polar surface area (TPSA) is 39.4 Å². The van der Waals surface area contributed by atoms with Crippen LogP contribution in [-0.2, 0) is 4.74 Å². The highest BCUT2D eigenvalue weighted by atomic mass is 16.5. The van der Waals surface area contributed by atoms with E-state index >= 15 is 0 Å². The average Bonchev–Trinajstić information content (AvgIpc) is 2.93. The van der Waals surface area contributed by atoms with Crippen LogP contribution in [0, 0.1) is 6.92 Å². The lowest BCUT2D eigenvalue weighted by atomic mass is 9.98. The first-order valence-electron chi connectivity index (χ1n) is 7.05. The molecule has 0 unspecified atom stereocenters. The van der Waals surface area contributed by atoms with E-state index in [0.717, 1.165) is 16.7 Å². The molecule has 3 rings (SSSR count). The second-order valence-corrected chi connectivity index (χ2v) is 4.96. The van der Waals surface area contributed by atoms with Gasteiger partial charge in [-0.2, -0.15) is 0 Å². The standard InChI is InChI=1S/C19H16O3/c1-13-16(14-9-5-3-6-10-14)17(19(20)21-2)18(22-13)15-11-7-4-8-12-15/h3-12H,1-2H3. The van der Waals surface area contributed by atoms with Crippen molar-refractivity contribution >= 4 is 5.97 Å². The Morgan fingerprint density at radius 3 is 2.00 bits per heavy atom. The second-order valence-electron chi connectivity index (χ2n) is 4.96.